The van der Waals surface area contributed by atoms with E-state index >= 15 is 0 Å². The topological polar surface area (TPSA) is 72.0 Å². The number of epoxide rings is 1. The second kappa shape index (κ2) is 4.20. The zero-order valence-corrected chi connectivity index (χ0v) is 12.7. The fourth-order valence-corrected chi connectivity index (χ4v) is 3.25. The van der Waals surface area contributed by atoms with E-state index in [9.17, 15) is 9.90 Å². The van der Waals surface area contributed by atoms with Gasteiger partial charge in [0.25, 0.3) is 0 Å². The molecule has 5 heteroatoms. The molecule has 3 heterocycles. The van der Waals surface area contributed by atoms with E-state index < -0.39 is 11.9 Å². The molecular weight excluding hydrogens is 282 g/mol. The van der Waals surface area contributed by atoms with Crippen molar-refractivity contribution in [3.63, 3.8) is 0 Å². The van der Waals surface area contributed by atoms with Crippen LogP contribution in [0.5, 0.6) is 5.75 Å². The highest BCUT2D eigenvalue weighted by Crippen LogP contribution is 2.54. The monoisotopic (exact) mass is 299 g/mol. The van der Waals surface area contributed by atoms with Crippen LogP contribution in [0, 0.1) is 0 Å². The van der Waals surface area contributed by atoms with Crippen molar-refractivity contribution in [2.45, 2.75) is 44.5 Å². The van der Waals surface area contributed by atoms with E-state index in [1.807, 2.05) is 26.0 Å². The highest BCUT2D eigenvalue weighted by atomic mass is 16.6. The number of nitrogens with zero attached hydrogens (tertiary/aromatic N) is 1. The first-order chi connectivity index (χ1) is 10.4. The predicted octanol–water partition coefficient (Wildman–Crippen LogP) is 3.03. The lowest BCUT2D eigenvalue weighted by Gasteiger charge is -2.30. The van der Waals surface area contributed by atoms with Gasteiger partial charge in [0.2, 0.25) is 0 Å². The molecule has 4 rings (SSSR count). The Labute approximate surface area is 127 Å². The van der Waals surface area contributed by atoms with Crippen LogP contribution >= 0.6 is 0 Å². The molecule has 1 aromatic carbocycles. The largest absolute Gasteiger partial charge is 0.485 e. The van der Waals surface area contributed by atoms with E-state index in [1.165, 1.54) is 0 Å². The van der Waals surface area contributed by atoms with E-state index in [0.29, 0.717) is 0 Å². The van der Waals surface area contributed by atoms with Crippen molar-refractivity contribution in [1.82, 2.24) is 4.98 Å². The van der Waals surface area contributed by atoms with Crippen molar-refractivity contribution >= 4 is 16.9 Å². The van der Waals surface area contributed by atoms with Crippen molar-refractivity contribution in [3.05, 3.63) is 35.5 Å². The number of rotatable bonds is 2. The van der Waals surface area contributed by atoms with Gasteiger partial charge in [-0.3, -0.25) is 9.78 Å². The molecule has 0 spiro atoms. The van der Waals surface area contributed by atoms with Crippen LogP contribution < -0.4 is 4.74 Å². The van der Waals surface area contributed by atoms with Crippen LogP contribution in [-0.4, -0.2) is 27.8 Å². The third-order valence-electron chi connectivity index (χ3n) is 4.60. The zero-order valence-electron chi connectivity index (χ0n) is 12.7. The number of aliphatic carboxylic acids is 1. The predicted molar refractivity (Wildman–Crippen MR) is 80.1 cm³/mol. The summed E-state index contributed by atoms with van der Waals surface area (Å²) >= 11 is 0. The van der Waals surface area contributed by atoms with Crippen LogP contribution in [-0.2, 0) is 9.53 Å². The van der Waals surface area contributed by atoms with Gasteiger partial charge in [-0.2, -0.15) is 0 Å². The fourth-order valence-electron chi connectivity index (χ4n) is 3.25. The first kappa shape index (κ1) is 13.5. The Kier molecular flexibility index (Phi) is 2.58. The molecule has 114 valence electrons. The molecule has 1 N–H and O–H groups in total. The lowest BCUT2D eigenvalue weighted by molar-refractivity contribution is -0.138. The van der Waals surface area contributed by atoms with Gasteiger partial charge < -0.3 is 14.6 Å². The highest BCUT2D eigenvalue weighted by Gasteiger charge is 2.56. The van der Waals surface area contributed by atoms with Gasteiger partial charge in [-0.15, -0.1) is 0 Å². The Hall–Kier alpha value is -2.14. The van der Waals surface area contributed by atoms with Crippen LogP contribution in [0.25, 0.3) is 10.9 Å². The van der Waals surface area contributed by atoms with E-state index in [1.54, 1.807) is 19.2 Å². The maximum Gasteiger partial charge on any atom is 0.310 e. The van der Waals surface area contributed by atoms with Crippen LogP contribution in [0.2, 0.25) is 0 Å². The fraction of sp³-hybridized carbons (Fsp3) is 0.412. The van der Waals surface area contributed by atoms with Gasteiger partial charge in [-0.05, 0) is 44.5 Å². The van der Waals surface area contributed by atoms with Crippen LogP contribution in [0.3, 0.4) is 0 Å². The number of fused-ring (bicyclic) bond motifs is 4. The molecule has 0 aliphatic carbocycles. The molecule has 2 aromatic rings. The Morgan fingerprint density at radius 1 is 1.41 bits per heavy atom. The highest BCUT2D eigenvalue weighted by molar-refractivity contribution is 5.90. The van der Waals surface area contributed by atoms with Gasteiger partial charge in [0.1, 0.15) is 23.6 Å². The van der Waals surface area contributed by atoms with Crippen molar-refractivity contribution in [3.8, 4) is 5.75 Å². The van der Waals surface area contributed by atoms with Gasteiger partial charge in [-0.25, -0.2) is 0 Å². The van der Waals surface area contributed by atoms with Gasteiger partial charge >= 0.3 is 5.97 Å². The molecule has 0 amide bonds. The molecule has 0 bridgehead atoms. The second-order valence-corrected chi connectivity index (χ2v) is 6.55. The third-order valence-corrected chi connectivity index (χ3v) is 4.60. The minimum atomic E-state index is -0.850. The SMILES string of the molecule is CC(C(=O)O)c1ccnc2cc3c(cc12)OC(C)(C)[C@@H]1O[C@@H]31. The van der Waals surface area contributed by atoms with Gasteiger partial charge in [0.05, 0.1) is 11.4 Å². The van der Waals surface area contributed by atoms with Crippen molar-refractivity contribution in [2.75, 3.05) is 0 Å². The zero-order chi connectivity index (χ0) is 15.6. The molecule has 1 fully saturated rings. The maximum atomic E-state index is 11.3. The summed E-state index contributed by atoms with van der Waals surface area (Å²) in [5, 5.41) is 10.1. The number of aromatic nitrogens is 1. The smallest absolute Gasteiger partial charge is 0.310 e. The number of pyridine rings is 1. The normalized spacial score (nSPS) is 25.8. The molecule has 2 aliphatic heterocycles. The summed E-state index contributed by atoms with van der Waals surface area (Å²) in [4.78, 5) is 15.7. The first-order valence-corrected chi connectivity index (χ1v) is 7.38. The molecular formula is C17H17NO4. The molecule has 5 nitrogen and oxygen atoms in total. The number of benzene rings is 1. The molecule has 2 aliphatic rings. The number of ether oxygens (including phenoxy) is 2. The second-order valence-electron chi connectivity index (χ2n) is 6.55. The van der Waals surface area contributed by atoms with E-state index in [0.717, 1.165) is 27.8 Å². The molecule has 0 saturated carbocycles. The van der Waals surface area contributed by atoms with E-state index in [2.05, 4.69) is 4.98 Å². The van der Waals surface area contributed by atoms with Crippen LogP contribution in [0.1, 0.15) is 43.9 Å². The molecule has 3 atom stereocenters. The number of carbonyl (C=O) groups is 1. The summed E-state index contributed by atoms with van der Waals surface area (Å²) in [5.74, 6) is -0.676. The van der Waals surface area contributed by atoms with E-state index in [-0.39, 0.29) is 17.8 Å². The lowest BCUT2D eigenvalue weighted by atomic mass is 9.91. The third kappa shape index (κ3) is 1.82. The molecule has 1 saturated heterocycles. The number of carboxylic acid groups (broad SMARTS) is 1. The molecule has 1 unspecified atom stereocenters. The quantitative estimate of drug-likeness (QED) is 0.863. The van der Waals surface area contributed by atoms with Crippen LogP contribution in [0.4, 0.5) is 0 Å². The van der Waals surface area contributed by atoms with Crippen molar-refractivity contribution < 1.29 is 19.4 Å². The Morgan fingerprint density at radius 2 is 2.18 bits per heavy atom. The Balaban J connectivity index is 1.91. The summed E-state index contributed by atoms with van der Waals surface area (Å²) in [5.41, 5.74) is 2.17. The first-order valence-electron chi connectivity index (χ1n) is 7.38. The molecule has 1 aromatic heterocycles. The maximum absolute atomic E-state index is 11.3. The molecule has 0 radical (unpaired) electrons. The number of hydrogen-bond acceptors (Lipinski definition) is 4. The summed E-state index contributed by atoms with van der Waals surface area (Å²) in [6, 6.07) is 5.63. The summed E-state index contributed by atoms with van der Waals surface area (Å²) in [6.45, 7) is 5.70. The number of carboxylic acids is 1. The Morgan fingerprint density at radius 3 is 2.91 bits per heavy atom. The van der Waals surface area contributed by atoms with Gasteiger partial charge in [0, 0.05) is 17.1 Å². The standard InChI is InChI=1S/C17H17NO4/c1-8(16(19)20)9-4-5-18-12-6-11-13(7-10(9)12)22-17(2,3)15-14(11)21-15/h4-8,14-15H,1-3H3,(H,19,20)/t8?,14-,15+/m0/s1. The van der Waals surface area contributed by atoms with Crippen molar-refractivity contribution in [1.29, 1.82) is 0 Å². The lowest BCUT2D eigenvalue weighted by Crippen LogP contribution is -2.37. The average molecular weight is 299 g/mol. The summed E-state index contributed by atoms with van der Waals surface area (Å²) < 4.78 is 11.8. The number of hydrogen-bond donors (Lipinski definition) is 1. The molecule has 22 heavy (non-hydrogen) atoms. The minimum Gasteiger partial charge on any atom is -0.485 e. The minimum absolute atomic E-state index is 0.0607. The summed E-state index contributed by atoms with van der Waals surface area (Å²) in [7, 11) is 0. The van der Waals surface area contributed by atoms with Crippen molar-refractivity contribution in [2.24, 2.45) is 0 Å². The van der Waals surface area contributed by atoms with Gasteiger partial charge in [0.15, 0.2) is 0 Å². The average Bonchev–Trinajstić information content (AvgIpc) is 3.25. The summed E-state index contributed by atoms with van der Waals surface area (Å²) in [6.07, 6.45) is 1.80. The van der Waals surface area contributed by atoms with Crippen LogP contribution in [0.15, 0.2) is 24.4 Å². The Bertz CT molecular complexity index is 799. The van der Waals surface area contributed by atoms with E-state index in [4.69, 9.17) is 9.47 Å². The van der Waals surface area contributed by atoms with Gasteiger partial charge in [-0.1, -0.05) is 0 Å².